The second-order valence-electron chi connectivity index (χ2n) is 5.03. The smallest absolute Gasteiger partial charge is 0.133 e. The first-order chi connectivity index (χ1) is 10.2. The van der Waals surface area contributed by atoms with Gasteiger partial charge in [0, 0.05) is 17.1 Å². The minimum absolute atomic E-state index is 0.688. The molecule has 0 bridgehead atoms. The molecule has 0 spiro atoms. The zero-order valence-electron chi connectivity index (χ0n) is 12.7. The second kappa shape index (κ2) is 8.06. The molecular formula is C18H22ClNO. The zero-order chi connectivity index (χ0) is 15.1. The summed E-state index contributed by atoms with van der Waals surface area (Å²) >= 11 is 6.08. The van der Waals surface area contributed by atoms with Crippen LogP contribution in [0, 0.1) is 0 Å². The molecule has 0 aliphatic heterocycles. The van der Waals surface area contributed by atoms with Crippen LogP contribution in [0.5, 0.6) is 11.5 Å². The number of hydrogen-bond acceptors (Lipinski definition) is 2. The van der Waals surface area contributed by atoms with Gasteiger partial charge < -0.3 is 10.1 Å². The lowest BCUT2D eigenvalue weighted by atomic mass is 10.1. The lowest BCUT2D eigenvalue weighted by Gasteiger charge is -2.12. The van der Waals surface area contributed by atoms with Gasteiger partial charge in [0.2, 0.25) is 0 Å². The molecule has 112 valence electrons. The third-order valence-electron chi connectivity index (χ3n) is 3.28. The molecule has 0 aromatic heterocycles. The summed E-state index contributed by atoms with van der Waals surface area (Å²) < 4.78 is 6.00. The Bertz CT molecular complexity index is 566. The van der Waals surface area contributed by atoms with Gasteiger partial charge in [-0.05, 0) is 42.8 Å². The minimum atomic E-state index is 0.688. The maximum atomic E-state index is 6.08. The highest BCUT2D eigenvalue weighted by atomic mass is 35.5. The topological polar surface area (TPSA) is 21.3 Å². The van der Waals surface area contributed by atoms with Gasteiger partial charge in [-0.25, -0.2) is 0 Å². The first kappa shape index (κ1) is 15.9. The van der Waals surface area contributed by atoms with Crippen LogP contribution in [-0.2, 0) is 13.0 Å². The third kappa shape index (κ3) is 4.76. The lowest BCUT2D eigenvalue weighted by molar-refractivity contribution is 0.473. The van der Waals surface area contributed by atoms with E-state index >= 15 is 0 Å². The predicted molar refractivity (Wildman–Crippen MR) is 89.3 cm³/mol. The van der Waals surface area contributed by atoms with E-state index in [0.717, 1.165) is 43.0 Å². The summed E-state index contributed by atoms with van der Waals surface area (Å²) in [5.41, 5.74) is 2.45. The van der Waals surface area contributed by atoms with Crippen molar-refractivity contribution >= 4 is 11.6 Å². The van der Waals surface area contributed by atoms with Gasteiger partial charge in [0.15, 0.2) is 0 Å². The fourth-order valence-electron chi connectivity index (χ4n) is 2.17. The molecule has 0 unspecified atom stereocenters. The van der Waals surface area contributed by atoms with Gasteiger partial charge in [0.25, 0.3) is 0 Å². The number of nitrogens with one attached hydrogen (secondary N) is 1. The molecule has 0 radical (unpaired) electrons. The van der Waals surface area contributed by atoms with Crippen molar-refractivity contribution in [1.82, 2.24) is 5.32 Å². The summed E-state index contributed by atoms with van der Waals surface area (Å²) in [6.07, 6.45) is 2.25. The molecule has 3 heteroatoms. The largest absolute Gasteiger partial charge is 0.457 e. The maximum absolute atomic E-state index is 6.08. The van der Waals surface area contributed by atoms with Crippen molar-refractivity contribution in [1.29, 1.82) is 0 Å². The van der Waals surface area contributed by atoms with Crippen molar-refractivity contribution < 1.29 is 4.74 Å². The molecule has 2 nitrogen and oxygen atoms in total. The molecule has 1 N–H and O–H groups in total. The molecule has 0 saturated heterocycles. The van der Waals surface area contributed by atoms with E-state index in [2.05, 4.69) is 31.3 Å². The van der Waals surface area contributed by atoms with Gasteiger partial charge in [-0.2, -0.15) is 0 Å². The molecule has 2 aromatic rings. The lowest BCUT2D eigenvalue weighted by Crippen LogP contribution is -2.12. The molecule has 0 fully saturated rings. The van der Waals surface area contributed by atoms with Crippen LogP contribution in [0.2, 0.25) is 5.02 Å². The van der Waals surface area contributed by atoms with E-state index in [1.807, 2.05) is 30.3 Å². The van der Waals surface area contributed by atoms with Crippen molar-refractivity contribution in [2.24, 2.45) is 0 Å². The molecular weight excluding hydrogens is 282 g/mol. The van der Waals surface area contributed by atoms with Crippen LogP contribution in [0.3, 0.4) is 0 Å². The highest BCUT2D eigenvalue weighted by Crippen LogP contribution is 2.28. The number of ether oxygens (including phenoxy) is 1. The second-order valence-corrected chi connectivity index (χ2v) is 5.46. The summed E-state index contributed by atoms with van der Waals surface area (Å²) in [7, 11) is 0. The fraction of sp³-hybridized carbons (Fsp3) is 0.333. The number of benzene rings is 2. The average molecular weight is 304 g/mol. The van der Waals surface area contributed by atoms with E-state index in [1.54, 1.807) is 0 Å². The summed E-state index contributed by atoms with van der Waals surface area (Å²) in [5.74, 6) is 1.65. The highest BCUT2D eigenvalue weighted by molar-refractivity contribution is 6.30. The van der Waals surface area contributed by atoms with E-state index < -0.39 is 0 Å². The van der Waals surface area contributed by atoms with Gasteiger partial charge in [-0.3, -0.25) is 0 Å². The predicted octanol–water partition coefficient (Wildman–Crippen LogP) is 5.19. The van der Waals surface area contributed by atoms with E-state index in [4.69, 9.17) is 16.3 Å². The van der Waals surface area contributed by atoms with Crippen molar-refractivity contribution in [2.45, 2.75) is 33.2 Å². The monoisotopic (exact) mass is 303 g/mol. The molecule has 0 saturated carbocycles. The Labute approximate surface area is 132 Å². The van der Waals surface area contributed by atoms with Gasteiger partial charge in [-0.1, -0.05) is 50.1 Å². The molecule has 0 aliphatic carbocycles. The Hall–Kier alpha value is -1.51. The van der Waals surface area contributed by atoms with Gasteiger partial charge >= 0.3 is 0 Å². The minimum Gasteiger partial charge on any atom is -0.457 e. The van der Waals surface area contributed by atoms with Crippen LogP contribution in [-0.4, -0.2) is 6.54 Å². The summed E-state index contributed by atoms with van der Waals surface area (Å²) in [4.78, 5) is 0. The van der Waals surface area contributed by atoms with Crippen LogP contribution < -0.4 is 10.1 Å². The SMILES string of the molecule is CCCc1ccc(Oc2cc(Cl)ccc2CNCC)cc1. The number of aryl methyl sites for hydroxylation is 1. The van der Waals surface area contributed by atoms with Gasteiger partial charge in [0.1, 0.15) is 11.5 Å². The Morgan fingerprint density at radius 3 is 2.48 bits per heavy atom. The Balaban J connectivity index is 2.15. The zero-order valence-corrected chi connectivity index (χ0v) is 13.4. The fourth-order valence-corrected chi connectivity index (χ4v) is 2.33. The van der Waals surface area contributed by atoms with Crippen molar-refractivity contribution in [3.8, 4) is 11.5 Å². The number of halogens is 1. The Kier molecular flexibility index (Phi) is 6.09. The summed E-state index contributed by atoms with van der Waals surface area (Å²) in [6.45, 7) is 5.97. The Morgan fingerprint density at radius 1 is 1.05 bits per heavy atom. The molecule has 0 aliphatic rings. The van der Waals surface area contributed by atoms with Gasteiger partial charge in [0.05, 0.1) is 0 Å². The van der Waals surface area contributed by atoms with Crippen molar-refractivity contribution in [2.75, 3.05) is 6.54 Å². The van der Waals surface area contributed by atoms with Crippen LogP contribution in [0.25, 0.3) is 0 Å². The van der Waals surface area contributed by atoms with E-state index in [9.17, 15) is 0 Å². The molecule has 2 rings (SSSR count). The molecule has 21 heavy (non-hydrogen) atoms. The highest BCUT2D eigenvalue weighted by Gasteiger charge is 2.06. The molecule has 0 amide bonds. The van der Waals surface area contributed by atoms with Crippen molar-refractivity contribution in [3.63, 3.8) is 0 Å². The molecule has 0 atom stereocenters. The molecule has 2 aromatic carbocycles. The number of hydrogen-bond donors (Lipinski definition) is 1. The van der Waals surface area contributed by atoms with E-state index in [-0.39, 0.29) is 0 Å². The summed E-state index contributed by atoms with van der Waals surface area (Å²) in [6, 6.07) is 14.0. The maximum Gasteiger partial charge on any atom is 0.133 e. The van der Waals surface area contributed by atoms with E-state index in [0.29, 0.717) is 5.02 Å². The quantitative estimate of drug-likeness (QED) is 0.759. The normalized spacial score (nSPS) is 10.6. The summed E-state index contributed by atoms with van der Waals surface area (Å²) in [5, 5.41) is 4.00. The number of rotatable bonds is 7. The average Bonchev–Trinajstić information content (AvgIpc) is 2.49. The van der Waals surface area contributed by atoms with Gasteiger partial charge in [-0.15, -0.1) is 0 Å². The first-order valence-electron chi connectivity index (χ1n) is 7.49. The van der Waals surface area contributed by atoms with Crippen LogP contribution in [0.15, 0.2) is 42.5 Å². The van der Waals surface area contributed by atoms with Crippen LogP contribution in [0.1, 0.15) is 31.4 Å². The first-order valence-corrected chi connectivity index (χ1v) is 7.86. The standard InChI is InChI=1S/C18H22ClNO/c1-3-5-14-6-10-17(11-7-14)21-18-12-16(19)9-8-15(18)13-20-4-2/h6-12,20H,3-5,13H2,1-2H3. The van der Waals surface area contributed by atoms with Crippen LogP contribution >= 0.6 is 11.6 Å². The third-order valence-corrected chi connectivity index (χ3v) is 3.52. The van der Waals surface area contributed by atoms with E-state index in [1.165, 1.54) is 5.56 Å². The molecule has 0 heterocycles. The van der Waals surface area contributed by atoms with Crippen molar-refractivity contribution in [3.05, 3.63) is 58.6 Å². The van der Waals surface area contributed by atoms with Crippen LogP contribution in [0.4, 0.5) is 0 Å². The Morgan fingerprint density at radius 2 is 1.81 bits per heavy atom.